The van der Waals surface area contributed by atoms with Gasteiger partial charge in [-0.2, -0.15) is 0 Å². The number of para-hydroxylation sites is 1. The Morgan fingerprint density at radius 3 is 2.28 bits per heavy atom. The van der Waals surface area contributed by atoms with Crippen molar-refractivity contribution in [2.75, 3.05) is 11.9 Å². The van der Waals surface area contributed by atoms with E-state index in [1.54, 1.807) is 24.3 Å². The molecule has 0 aliphatic rings. The first-order chi connectivity index (χ1) is 17.2. The smallest absolute Gasteiger partial charge is 0.303 e. The highest BCUT2D eigenvalue weighted by Crippen LogP contribution is 2.26. The molecule has 1 atom stereocenters. The lowest BCUT2D eigenvalue weighted by Gasteiger charge is -2.16. The van der Waals surface area contributed by atoms with Crippen molar-refractivity contribution in [1.29, 1.82) is 0 Å². The van der Waals surface area contributed by atoms with Gasteiger partial charge in [0.25, 0.3) is 5.91 Å². The Bertz CT molecular complexity index is 1170. The number of carboxylic acids is 1. The number of carbonyl (C=O) groups excluding carboxylic acids is 1. The fraction of sp³-hybridized carbons (Fsp3) is 0.355. The molecule has 0 aromatic heterocycles. The van der Waals surface area contributed by atoms with Crippen LogP contribution in [-0.4, -0.2) is 23.6 Å². The lowest BCUT2D eigenvalue weighted by Crippen LogP contribution is -2.15. The summed E-state index contributed by atoms with van der Waals surface area (Å²) in [5, 5.41) is 11.8. The predicted octanol–water partition coefficient (Wildman–Crippen LogP) is 7.04. The van der Waals surface area contributed by atoms with Crippen molar-refractivity contribution in [3.05, 3.63) is 94.5 Å². The highest BCUT2D eigenvalue weighted by atomic mass is 16.5. The van der Waals surface area contributed by atoms with Crippen LogP contribution >= 0.6 is 0 Å². The van der Waals surface area contributed by atoms with Gasteiger partial charge in [-0.15, -0.1) is 0 Å². The summed E-state index contributed by atoms with van der Waals surface area (Å²) in [6.07, 6.45) is 2.43. The van der Waals surface area contributed by atoms with Gasteiger partial charge in [0, 0.05) is 12.1 Å². The molecule has 1 amide bonds. The average molecular weight is 488 g/mol. The SMILES string of the molecule is Cc1cc(CC(C)c2ccc(CC(C)C)cc2)ccc1NC(=O)c1ccccc1OCCCC(=O)O. The van der Waals surface area contributed by atoms with Crippen LogP contribution in [0.2, 0.25) is 0 Å². The zero-order valence-electron chi connectivity index (χ0n) is 21.7. The molecule has 190 valence electrons. The second-order valence-electron chi connectivity index (χ2n) is 9.89. The standard InChI is InChI=1S/C31H37NO4/c1-21(2)18-24-11-14-26(15-12-24)22(3)19-25-13-16-28(23(4)20-25)32-31(35)27-8-5-6-9-29(27)36-17-7-10-30(33)34/h5-6,8-9,11-16,20-22H,7,10,17-19H2,1-4H3,(H,32,35)(H,33,34). The number of amides is 1. The Labute approximate surface area is 214 Å². The largest absolute Gasteiger partial charge is 0.493 e. The predicted molar refractivity (Wildman–Crippen MR) is 145 cm³/mol. The Kier molecular flexibility index (Phi) is 9.69. The molecular formula is C31H37NO4. The maximum atomic E-state index is 13.0. The molecule has 0 fully saturated rings. The van der Waals surface area contributed by atoms with Crippen molar-refractivity contribution in [3.63, 3.8) is 0 Å². The zero-order valence-corrected chi connectivity index (χ0v) is 21.7. The molecular weight excluding hydrogens is 450 g/mol. The number of hydrogen-bond donors (Lipinski definition) is 2. The third kappa shape index (κ3) is 7.98. The Balaban J connectivity index is 1.62. The number of aliphatic carboxylic acids is 1. The van der Waals surface area contributed by atoms with Crippen LogP contribution in [0.3, 0.4) is 0 Å². The molecule has 0 radical (unpaired) electrons. The second-order valence-corrected chi connectivity index (χ2v) is 9.89. The van der Waals surface area contributed by atoms with Crippen molar-refractivity contribution >= 4 is 17.6 Å². The Morgan fingerprint density at radius 1 is 0.917 bits per heavy atom. The Morgan fingerprint density at radius 2 is 1.61 bits per heavy atom. The molecule has 5 heteroatoms. The molecule has 5 nitrogen and oxygen atoms in total. The molecule has 0 heterocycles. The molecule has 2 N–H and O–H groups in total. The third-order valence-corrected chi connectivity index (χ3v) is 6.20. The van der Waals surface area contributed by atoms with Crippen LogP contribution in [0.25, 0.3) is 0 Å². The monoisotopic (exact) mass is 487 g/mol. The maximum Gasteiger partial charge on any atom is 0.303 e. The van der Waals surface area contributed by atoms with Gasteiger partial charge in [0.1, 0.15) is 5.75 Å². The molecule has 3 aromatic carbocycles. The van der Waals surface area contributed by atoms with Crippen LogP contribution < -0.4 is 10.1 Å². The number of rotatable bonds is 12. The van der Waals surface area contributed by atoms with Crippen molar-refractivity contribution < 1.29 is 19.4 Å². The summed E-state index contributed by atoms with van der Waals surface area (Å²) < 4.78 is 5.68. The number of carbonyl (C=O) groups is 2. The van der Waals surface area contributed by atoms with Gasteiger partial charge in [-0.25, -0.2) is 0 Å². The number of carboxylic acid groups (broad SMARTS) is 1. The van der Waals surface area contributed by atoms with Crippen molar-refractivity contribution in [3.8, 4) is 5.75 Å². The summed E-state index contributed by atoms with van der Waals surface area (Å²) >= 11 is 0. The number of hydrogen-bond acceptors (Lipinski definition) is 3. The summed E-state index contributed by atoms with van der Waals surface area (Å²) in [5.74, 6) is 0.373. The number of benzene rings is 3. The normalized spacial score (nSPS) is 11.8. The highest BCUT2D eigenvalue weighted by molar-refractivity contribution is 6.06. The van der Waals surface area contributed by atoms with Crippen LogP contribution in [0.4, 0.5) is 5.69 Å². The van der Waals surface area contributed by atoms with E-state index >= 15 is 0 Å². The summed E-state index contributed by atoms with van der Waals surface area (Å²) in [6, 6.07) is 22.1. The Hall–Kier alpha value is -3.60. The van der Waals surface area contributed by atoms with Crippen LogP contribution in [-0.2, 0) is 17.6 Å². The van der Waals surface area contributed by atoms with Gasteiger partial charge in [-0.05, 0) is 78.5 Å². The van der Waals surface area contributed by atoms with Crippen molar-refractivity contribution in [2.45, 2.75) is 59.3 Å². The molecule has 0 spiro atoms. The molecule has 0 saturated carbocycles. The minimum atomic E-state index is -0.863. The van der Waals surface area contributed by atoms with Crippen molar-refractivity contribution in [2.24, 2.45) is 5.92 Å². The summed E-state index contributed by atoms with van der Waals surface area (Å²) in [6.45, 7) is 8.96. The molecule has 36 heavy (non-hydrogen) atoms. The summed E-state index contributed by atoms with van der Waals surface area (Å²) in [4.78, 5) is 23.7. The molecule has 0 bridgehead atoms. The van der Waals surface area contributed by atoms with Gasteiger partial charge in [0.05, 0.1) is 12.2 Å². The first kappa shape index (κ1) is 27.0. The van der Waals surface area contributed by atoms with Crippen LogP contribution in [0, 0.1) is 12.8 Å². The van der Waals surface area contributed by atoms with Gasteiger partial charge < -0.3 is 15.2 Å². The van der Waals surface area contributed by atoms with Crippen LogP contribution in [0.5, 0.6) is 5.75 Å². The van der Waals surface area contributed by atoms with E-state index in [2.05, 4.69) is 62.5 Å². The second kappa shape index (κ2) is 12.9. The van der Waals surface area contributed by atoms with Gasteiger partial charge in [0.15, 0.2) is 0 Å². The fourth-order valence-corrected chi connectivity index (χ4v) is 4.29. The molecule has 0 aliphatic carbocycles. The van der Waals surface area contributed by atoms with E-state index in [0.717, 1.165) is 24.1 Å². The molecule has 0 aliphatic heterocycles. The highest BCUT2D eigenvalue weighted by Gasteiger charge is 2.15. The van der Waals surface area contributed by atoms with Gasteiger partial charge in [0.2, 0.25) is 0 Å². The van der Waals surface area contributed by atoms with E-state index in [0.29, 0.717) is 29.6 Å². The third-order valence-electron chi connectivity index (χ3n) is 6.20. The molecule has 3 aromatic rings. The van der Waals surface area contributed by atoms with Crippen molar-refractivity contribution in [1.82, 2.24) is 0 Å². The van der Waals surface area contributed by atoms with Gasteiger partial charge >= 0.3 is 5.97 Å². The average Bonchev–Trinajstić information content (AvgIpc) is 2.83. The first-order valence-electron chi connectivity index (χ1n) is 12.7. The van der Waals surface area contributed by atoms with E-state index < -0.39 is 5.97 Å². The summed E-state index contributed by atoms with van der Waals surface area (Å²) in [7, 11) is 0. The van der Waals surface area contributed by atoms with E-state index in [4.69, 9.17) is 9.84 Å². The number of anilines is 1. The topological polar surface area (TPSA) is 75.6 Å². The van der Waals surface area contributed by atoms with E-state index in [9.17, 15) is 9.59 Å². The number of ether oxygens (including phenoxy) is 1. The lowest BCUT2D eigenvalue weighted by molar-refractivity contribution is -0.137. The van der Waals surface area contributed by atoms with E-state index in [1.165, 1.54) is 16.7 Å². The first-order valence-corrected chi connectivity index (χ1v) is 12.7. The molecule has 0 saturated heterocycles. The zero-order chi connectivity index (χ0) is 26.1. The minimum Gasteiger partial charge on any atom is -0.493 e. The maximum absolute atomic E-state index is 13.0. The quantitative estimate of drug-likeness (QED) is 0.269. The molecule has 3 rings (SSSR count). The number of aryl methyl sites for hydroxylation is 1. The van der Waals surface area contributed by atoms with Gasteiger partial charge in [-0.1, -0.05) is 69.3 Å². The number of nitrogens with one attached hydrogen (secondary N) is 1. The fourth-order valence-electron chi connectivity index (χ4n) is 4.29. The lowest BCUT2D eigenvalue weighted by atomic mass is 9.91. The van der Waals surface area contributed by atoms with Gasteiger partial charge in [-0.3, -0.25) is 9.59 Å². The van der Waals surface area contributed by atoms with E-state index in [-0.39, 0.29) is 18.9 Å². The minimum absolute atomic E-state index is 0.0297. The van der Waals surface area contributed by atoms with Crippen LogP contribution in [0.15, 0.2) is 66.7 Å². The molecule has 1 unspecified atom stereocenters. The van der Waals surface area contributed by atoms with Crippen LogP contribution in [0.1, 0.15) is 72.1 Å². The van der Waals surface area contributed by atoms with E-state index in [1.807, 2.05) is 13.0 Å². The summed E-state index contributed by atoms with van der Waals surface area (Å²) in [5.41, 5.74) is 6.12.